The Morgan fingerprint density at radius 3 is 2.03 bits per heavy atom. The molecule has 10 nitrogen and oxygen atoms in total. The minimum absolute atomic E-state index is 0.123. The average molecular weight is 440 g/mol. The van der Waals surface area contributed by atoms with E-state index >= 15 is 0 Å². The fraction of sp³-hybridized carbons (Fsp3) is 0.450. The Kier molecular flexibility index (Phi) is 9.58. The van der Waals surface area contributed by atoms with E-state index in [0.717, 1.165) is 21.1 Å². The Labute approximate surface area is 178 Å². The summed E-state index contributed by atoms with van der Waals surface area (Å²) in [7, 11) is 2.03. The number of carbonyl (C=O) groups excluding carboxylic acids is 4. The van der Waals surface area contributed by atoms with E-state index < -0.39 is 59.5 Å². The van der Waals surface area contributed by atoms with Crippen LogP contribution in [0, 0.1) is 17.7 Å². The minimum atomic E-state index is -1.72. The van der Waals surface area contributed by atoms with Crippen molar-refractivity contribution in [3.8, 4) is 0 Å². The van der Waals surface area contributed by atoms with Crippen LogP contribution in [-0.2, 0) is 39.9 Å². The first kappa shape index (κ1) is 25.5. The summed E-state index contributed by atoms with van der Waals surface area (Å²) in [6.45, 7) is 2.39. The van der Waals surface area contributed by atoms with E-state index in [1.54, 1.807) is 6.07 Å². The van der Waals surface area contributed by atoms with Crippen molar-refractivity contribution in [1.29, 1.82) is 0 Å². The summed E-state index contributed by atoms with van der Waals surface area (Å²) in [6, 6.07) is 2.57. The van der Waals surface area contributed by atoms with E-state index in [9.17, 15) is 33.5 Å². The molecule has 11 heteroatoms. The molecule has 0 aliphatic heterocycles. The first-order valence-corrected chi connectivity index (χ1v) is 9.22. The predicted octanol–water partition coefficient (Wildman–Crippen LogP) is 0.0406. The lowest BCUT2D eigenvalue weighted by molar-refractivity contribution is -0.163. The molecule has 1 aromatic rings. The maximum atomic E-state index is 14.0. The molecule has 2 amide bonds. The molecule has 170 valence electrons. The number of halogens is 1. The van der Waals surface area contributed by atoms with Gasteiger partial charge in [0, 0.05) is 19.3 Å². The molecule has 0 unspecified atom stereocenters. The minimum Gasteiger partial charge on any atom is -0.480 e. The number of carboxylic acid groups (broad SMARTS) is 1. The second-order valence-corrected chi connectivity index (χ2v) is 6.76. The van der Waals surface area contributed by atoms with E-state index in [4.69, 9.17) is 0 Å². The zero-order chi connectivity index (χ0) is 23.7. The van der Waals surface area contributed by atoms with Crippen LogP contribution in [0.15, 0.2) is 24.3 Å². The molecular weight excluding hydrogens is 415 g/mol. The van der Waals surface area contributed by atoms with Gasteiger partial charge in [0.15, 0.2) is 5.92 Å². The predicted molar refractivity (Wildman–Crippen MR) is 104 cm³/mol. The fourth-order valence-corrected chi connectivity index (χ4v) is 2.98. The number of ether oxygens (including phenoxy) is 2. The van der Waals surface area contributed by atoms with Crippen LogP contribution in [0.3, 0.4) is 0 Å². The van der Waals surface area contributed by atoms with Crippen LogP contribution in [0.1, 0.15) is 19.4 Å². The monoisotopic (exact) mass is 440 g/mol. The maximum Gasteiger partial charge on any atom is 0.326 e. The molecule has 0 aliphatic rings. The molecular formula is C20H25FN2O8. The van der Waals surface area contributed by atoms with Crippen LogP contribution in [0.5, 0.6) is 0 Å². The summed E-state index contributed by atoms with van der Waals surface area (Å²) in [5.74, 6) is -8.65. The Balaban J connectivity index is 3.16. The third-order valence-electron chi connectivity index (χ3n) is 4.60. The highest BCUT2D eigenvalue weighted by atomic mass is 19.1. The average Bonchev–Trinajstić information content (AvgIpc) is 2.71. The molecule has 0 aromatic heterocycles. The maximum absolute atomic E-state index is 14.0. The third-order valence-corrected chi connectivity index (χ3v) is 4.60. The van der Waals surface area contributed by atoms with Gasteiger partial charge in [0.2, 0.25) is 11.8 Å². The summed E-state index contributed by atoms with van der Waals surface area (Å²) in [5, 5.41) is 14.1. The molecule has 0 bridgehead atoms. The lowest BCUT2D eigenvalue weighted by Crippen LogP contribution is -2.56. The number of aliphatic carboxylic acids is 1. The summed E-state index contributed by atoms with van der Waals surface area (Å²) in [6.07, 6.45) is -0.254. The summed E-state index contributed by atoms with van der Waals surface area (Å²) in [4.78, 5) is 60.1. The highest BCUT2D eigenvalue weighted by molar-refractivity contribution is 5.97. The van der Waals surface area contributed by atoms with Crippen molar-refractivity contribution in [3.63, 3.8) is 0 Å². The van der Waals surface area contributed by atoms with Crippen LogP contribution in [-0.4, -0.2) is 61.1 Å². The molecule has 31 heavy (non-hydrogen) atoms. The number of esters is 2. The number of hydrogen-bond acceptors (Lipinski definition) is 7. The Hall–Kier alpha value is -3.50. The van der Waals surface area contributed by atoms with Gasteiger partial charge in [-0.15, -0.1) is 0 Å². The molecule has 1 aromatic carbocycles. The molecule has 0 saturated carbocycles. The van der Waals surface area contributed by atoms with Gasteiger partial charge < -0.3 is 25.2 Å². The Morgan fingerprint density at radius 2 is 1.58 bits per heavy atom. The second kappa shape index (κ2) is 11.6. The van der Waals surface area contributed by atoms with E-state index in [2.05, 4.69) is 20.1 Å². The lowest BCUT2D eigenvalue weighted by atomic mass is 9.87. The van der Waals surface area contributed by atoms with Gasteiger partial charge in [-0.25, -0.2) is 9.18 Å². The summed E-state index contributed by atoms with van der Waals surface area (Å²) in [5.41, 5.74) is 0.123. The largest absolute Gasteiger partial charge is 0.480 e. The van der Waals surface area contributed by atoms with Gasteiger partial charge in [0.1, 0.15) is 17.9 Å². The van der Waals surface area contributed by atoms with Crippen LogP contribution in [0.2, 0.25) is 0 Å². The van der Waals surface area contributed by atoms with Gasteiger partial charge in [0.05, 0.1) is 14.2 Å². The molecule has 0 fully saturated rings. The quantitative estimate of drug-likeness (QED) is 0.341. The number of amides is 2. The van der Waals surface area contributed by atoms with Crippen molar-refractivity contribution in [2.75, 3.05) is 14.2 Å². The molecule has 3 atom stereocenters. The normalized spacial score (nSPS) is 13.5. The van der Waals surface area contributed by atoms with Crippen LogP contribution in [0.25, 0.3) is 0 Å². The third kappa shape index (κ3) is 7.05. The smallest absolute Gasteiger partial charge is 0.326 e. The van der Waals surface area contributed by atoms with E-state index in [-0.39, 0.29) is 12.0 Å². The second-order valence-electron chi connectivity index (χ2n) is 6.76. The zero-order valence-electron chi connectivity index (χ0n) is 17.5. The van der Waals surface area contributed by atoms with Crippen molar-refractivity contribution in [2.45, 2.75) is 32.4 Å². The molecule has 0 radical (unpaired) electrons. The topological polar surface area (TPSA) is 148 Å². The molecule has 3 N–H and O–H groups in total. The molecule has 0 aliphatic carbocycles. The summed E-state index contributed by atoms with van der Waals surface area (Å²) >= 11 is 0. The fourth-order valence-electron chi connectivity index (χ4n) is 2.98. The lowest BCUT2D eigenvalue weighted by Gasteiger charge is -2.27. The highest BCUT2D eigenvalue weighted by Gasteiger charge is 2.42. The van der Waals surface area contributed by atoms with Crippen molar-refractivity contribution in [3.05, 3.63) is 35.6 Å². The number of rotatable bonds is 10. The number of methoxy groups -OCH3 is 2. The van der Waals surface area contributed by atoms with E-state index in [1.165, 1.54) is 25.1 Å². The van der Waals surface area contributed by atoms with Gasteiger partial charge in [-0.2, -0.15) is 0 Å². The number of carbonyl (C=O) groups is 5. The molecule has 0 spiro atoms. The first-order valence-electron chi connectivity index (χ1n) is 9.22. The number of nitrogens with one attached hydrogen (secondary N) is 2. The van der Waals surface area contributed by atoms with Crippen molar-refractivity contribution in [2.24, 2.45) is 11.8 Å². The van der Waals surface area contributed by atoms with Gasteiger partial charge >= 0.3 is 17.9 Å². The number of carboxylic acids is 1. The standard InChI is InChI=1S/C20H25FN2O8/c1-10(15(19(28)30-3)20(29)31-4)16(18(26)27)23-17(25)14(22-11(2)24)9-12-7-5-6-8-13(12)21/h5-8,10,14-16H,9H2,1-4H3,(H,22,24)(H,23,25)(H,26,27)/t10-,14-,16-/m0/s1. The first-order chi connectivity index (χ1) is 14.5. The number of benzene rings is 1. The van der Waals surface area contributed by atoms with Crippen molar-refractivity contribution >= 4 is 29.7 Å². The van der Waals surface area contributed by atoms with Crippen molar-refractivity contribution < 1.29 is 42.9 Å². The Morgan fingerprint density at radius 1 is 1.03 bits per heavy atom. The van der Waals surface area contributed by atoms with Crippen LogP contribution in [0.4, 0.5) is 4.39 Å². The van der Waals surface area contributed by atoms with E-state index in [1.807, 2.05) is 0 Å². The van der Waals surface area contributed by atoms with Crippen LogP contribution >= 0.6 is 0 Å². The van der Waals surface area contributed by atoms with Crippen molar-refractivity contribution in [1.82, 2.24) is 10.6 Å². The van der Waals surface area contributed by atoms with Crippen LogP contribution < -0.4 is 10.6 Å². The number of hydrogen-bond donors (Lipinski definition) is 3. The SMILES string of the molecule is COC(=O)C(C(=O)OC)[C@H](C)[C@H](NC(=O)[C@H](Cc1ccccc1F)NC(C)=O)C(=O)O. The van der Waals surface area contributed by atoms with Gasteiger partial charge in [-0.3, -0.25) is 19.2 Å². The van der Waals surface area contributed by atoms with Gasteiger partial charge in [-0.05, 0) is 11.6 Å². The van der Waals surface area contributed by atoms with Gasteiger partial charge in [0.25, 0.3) is 0 Å². The molecule has 0 heterocycles. The molecule has 1 rings (SSSR count). The Bertz CT molecular complexity index is 828. The zero-order valence-corrected chi connectivity index (χ0v) is 17.5. The highest BCUT2D eigenvalue weighted by Crippen LogP contribution is 2.20. The molecule has 0 saturated heterocycles. The van der Waals surface area contributed by atoms with E-state index in [0.29, 0.717) is 0 Å². The summed E-state index contributed by atoms with van der Waals surface area (Å²) < 4.78 is 23.1. The van der Waals surface area contributed by atoms with Gasteiger partial charge in [-0.1, -0.05) is 25.1 Å².